The van der Waals surface area contributed by atoms with Crippen molar-refractivity contribution >= 4 is 5.91 Å². The summed E-state index contributed by atoms with van der Waals surface area (Å²) in [7, 11) is 0. The lowest BCUT2D eigenvalue weighted by Crippen LogP contribution is -2.66. The van der Waals surface area contributed by atoms with E-state index < -0.39 is 0 Å². The van der Waals surface area contributed by atoms with Crippen LogP contribution in [0.3, 0.4) is 0 Å². The van der Waals surface area contributed by atoms with Crippen molar-refractivity contribution in [2.45, 2.75) is 44.9 Å². The highest BCUT2D eigenvalue weighted by Crippen LogP contribution is 2.52. The molecule has 0 radical (unpaired) electrons. The van der Waals surface area contributed by atoms with E-state index in [2.05, 4.69) is 19.2 Å². The van der Waals surface area contributed by atoms with E-state index in [9.17, 15) is 4.79 Å². The van der Waals surface area contributed by atoms with Crippen molar-refractivity contribution in [2.24, 2.45) is 17.1 Å². The predicted molar refractivity (Wildman–Crippen MR) is 81.5 cm³/mol. The van der Waals surface area contributed by atoms with Crippen LogP contribution >= 0.6 is 0 Å². The number of rotatable bonds is 4. The van der Waals surface area contributed by atoms with E-state index >= 15 is 0 Å². The van der Waals surface area contributed by atoms with Crippen LogP contribution < -0.4 is 11.1 Å². The normalized spacial score (nSPS) is 31.1. The Morgan fingerprint density at radius 3 is 2.86 bits per heavy atom. The first-order valence-corrected chi connectivity index (χ1v) is 7.71. The van der Waals surface area contributed by atoms with Gasteiger partial charge in [0.1, 0.15) is 0 Å². The molecule has 4 atom stereocenters. The third kappa shape index (κ3) is 2.58. The Morgan fingerprint density at radius 2 is 2.14 bits per heavy atom. The van der Waals surface area contributed by atoms with Gasteiger partial charge in [-0.25, -0.2) is 0 Å². The molecule has 1 saturated carbocycles. The lowest BCUT2D eigenvalue weighted by Gasteiger charge is -2.54. The average Bonchev–Trinajstić information content (AvgIpc) is 2.93. The minimum absolute atomic E-state index is 0.0215. The first-order chi connectivity index (χ1) is 10.00. The minimum atomic E-state index is -0.245. The number of hydrogen-bond acceptors (Lipinski definition) is 3. The molecule has 1 saturated heterocycles. The lowest BCUT2D eigenvalue weighted by atomic mass is 9.57. The Labute approximate surface area is 126 Å². The maximum atomic E-state index is 12.3. The van der Waals surface area contributed by atoms with Crippen molar-refractivity contribution in [1.29, 1.82) is 0 Å². The molecule has 2 fully saturated rings. The third-order valence-corrected chi connectivity index (χ3v) is 5.05. The van der Waals surface area contributed by atoms with Gasteiger partial charge in [-0.1, -0.05) is 44.2 Å². The van der Waals surface area contributed by atoms with Gasteiger partial charge in [0, 0.05) is 36.4 Å². The van der Waals surface area contributed by atoms with E-state index in [1.807, 2.05) is 30.3 Å². The highest BCUT2D eigenvalue weighted by molar-refractivity contribution is 5.77. The SMILES string of the molecule is CC1(C)C(NC(=O)CC(N)c2ccccc2)C2CCOC21. The third-order valence-electron chi connectivity index (χ3n) is 5.05. The van der Waals surface area contributed by atoms with Gasteiger partial charge in [0.2, 0.25) is 5.91 Å². The van der Waals surface area contributed by atoms with Crippen LogP contribution in [0, 0.1) is 11.3 Å². The second-order valence-electron chi connectivity index (χ2n) is 6.83. The Balaban J connectivity index is 1.57. The summed E-state index contributed by atoms with van der Waals surface area (Å²) in [4.78, 5) is 12.3. The summed E-state index contributed by atoms with van der Waals surface area (Å²) in [5.41, 5.74) is 7.14. The van der Waals surface area contributed by atoms with Crippen molar-refractivity contribution in [2.75, 3.05) is 6.61 Å². The second kappa shape index (κ2) is 5.43. The number of fused-ring (bicyclic) bond motifs is 1. The molecule has 0 bridgehead atoms. The molecule has 0 spiro atoms. The quantitative estimate of drug-likeness (QED) is 0.890. The van der Waals surface area contributed by atoms with Crippen LogP contribution in [0.2, 0.25) is 0 Å². The average molecular weight is 288 g/mol. The number of benzene rings is 1. The zero-order chi connectivity index (χ0) is 15.0. The summed E-state index contributed by atoms with van der Waals surface area (Å²) in [6.07, 6.45) is 1.67. The van der Waals surface area contributed by atoms with Crippen LogP contribution in [0.15, 0.2) is 30.3 Å². The Bertz CT molecular complexity index is 515. The number of amides is 1. The monoisotopic (exact) mass is 288 g/mol. The van der Waals surface area contributed by atoms with Crippen molar-refractivity contribution in [3.63, 3.8) is 0 Å². The number of nitrogens with two attached hydrogens (primary N) is 1. The topological polar surface area (TPSA) is 64.4 Å². The molecule has 114 valence electrons. The summed E-state index contributed by atoms with van der Waals surface area (Å²) in [6.45, 7) is 5.15. The van der Waals surface area contributed by atoms with Crippen LogP contribution in [0.4, 0.5) is 0 Å². The number of nitrogens with one attached hydrogen (secondary N) is 1. The molecule has 2 aliphatic rings. The zero-order valence-corrected chi connectivity index (χ0v) is 12.7. The molecular formula is C17H24N2O2. The van der Waals surface area contributed by atoms with Crippen LogP contribution in [-0.2, 0) is 9.53 Å². The second-order valence-corrected chi connectivity index (χ2v) is 6.83. The van der Waals surface area contributed by atoms with Gasteiger partial charge >= 0.3 is 0 Å². The highest BCUT2D eigenvalue weighted by Gasteiger charge is 2.59. The predicted octanol–water partition coefficient (Wildman–Crippen LogP) is 2.01. The number of carbonyl (C=O) groups excluding carboxylic acids is 1. The van der Waals surface area contributed by atoms with Crippen molar-refractivity contribution in [3.05, 3.63) is 35.9 Å². The van der Waals surface area contributed by atoms with Crippen LogP contribution in [0.1, 0.15) is 38.3 Å². The first-order valence-electron chi connectivity index (χ1n) is 7.71. The molecule has 21 heavy (non-hydrogen) atoms. The molecule has 1 aromatic rings. The van der Waals surface area contributed by atoms with Gasteiger partial charge in [0.05, 0.1) is 6.10 Å². The molecule has 1 aromatic carbocycles. The van der Waals surface area contributed by atoms with Crippen molar-refractivity contribution in [1.82, 2.24) is 5.32 Å². The molecule has 3 N–H and O–H groups in total. The van der Waals surface area contributed by atoms with Gasteiger partial charge in [0.25, 0.3) is 0 Å². The van der Waals surface area contributed by atoms with Crippen LogP contribution in [0.25, 0.3) is 0 Å². The Kier molecular flexibility index (Phi) is 3.76. The lowest BCUT2D eigenvalue weighted by molar-refractivity contribution is -0.138. The van der Waals surface area contributed by atoms with Crippen LogP contribution in [0.5, 0.6) is 0 Å². The Hall–Kier alpha value is -1.39. The van der Waals surface area contributed by atoms with Crippen molar-refractivity contribution in [3.8, 4) is 0 Å². The Morgan fingerprint density at radius 1 is 1.43 bits per heavy atom. The largest absolute Gasteiger partial charge is 0.377 e. The van der Waals surface area contributed by atoms with E-state index in [-0.39, 0.29) is 23.4 Å². The first kappa shape index (κ1) is 14.5. The molecule has 4 heteroatoms. The maximum Gasteiger partial charge on any atom is 0.222 e. The standard InChI is InChI=1S/C17H24N2O2/c1-17(2)15(12-8-9-21-16(12)17)19-14(20)10-13(18)11-6-4-3-5-7-11/h3-7,12-13,15-16H,8-10,18H2,1-2H3,(H,19,20). The van der Waals surface area contributed by atoms with Crippen molar-refractivity contribution < 1.29 is 9.53 Å². The molecule has 0 aromatic heterocycles. The van der Waals surface area contributed by atoms with Gasteiger partial charge in [-0.3, -0.25) is 4.79 Å². The van der Waals surface area contributed by atoms with Gasteiger partial charge in [-0.2, -0.15) is 0 Å². The fourth-order valence-electron chi connectivity index (χ4n) is 3.87. The molecule has 1 aliphatic carbocycles. The fraction of sp³-hybridized carbons (Fsp3) is 0.588. The molecule has 4 nitrogen and oxygen atoms in total. The summed E-state index contributed by atoms with van der Waals surface area (Å²) >= 11 is 0. The van der Waals surface area contributed by atoms with E-state index in [4.69, 9.17) is 10.5 Å². The van der Waals surface area contributed by atoms with E-state index in [0.29, 0.717) is 18.4 Å². The van der Waals surface area contributed by atoms with Gasteiger partial charge in [0.15, 0.2) is 0 Å². The number of ether oxygens (including phenoxy) is 1. The molecule has 1 amide bonds. The zero-order valence-electron chi connectivity index (χ0n) is 12.7. The molecule has 1 heterocycles. The van der Waals surface area contributed by atoms with Gasteiger partial charge in [-0.05, 0) is 12.0 Å². The van der Waals surface area contributed by atoms with Crippen LogP contribution in [-0.4, -0.2) is 24.7 Å². The molecule has 1 aliphatic heterocycles. The van der Waals surface area contributed by atoms with E-state index in [1.165, 1.54) is 0 Å². The summed E-state index contributed by atoms with van der Waals surface area (Å²) in [5, 5.41) is 3.18. The van der Waals surface area contributed by atoms with Gasteiger partial charge in [-0.15, -0.1) is 0 Å². The molecule has 4 unspecified atom stereocenters. The fourth-order valence-corrected chi connectivity index (χ4v) is 3.87. The summed E-state index contributed by atoms with van der Waals surface area (Å²) in [5.74, 6) is 0.506. The summed E-state index contributed by atoms with van der Waals surface area (Å²) in [6, 6.07) is 9.74. The maximum absolute atomic E-state index is 12.3. The smallest absolute Gasteiger partial charge is 0.222 e. The molecule has 3 rings (SSSR count). The summed E-state index contributed by atoms with van der Waals surface area (Å²) < 4.78 is 5.75. The number of hydrogen-bond donors (Lipinski definition) is 2. The highest BCUT2D eigenvalue weighted by atomic mass is 16.5. The van der Waals surface area contributed by atoms with E-state index in [1.54, 1.807) is 0 Å². The molecular weight excluding hydrogens is 264 g/mol. The minimum Gasteiger partial charge on any atom is -0.377 e. The number of carbonyl (C=O) groups is 1. The van der Waals surface area contributed by atoms with E-state index in [0.717, 1.165) is 18.6 Å². The van der Waals surface area contributed by atoms with Gasteiger partial charge < -0.3 is 15.8 Å².